The average Bonchev–Trinajstić information content (AvgIpc) is 3.42. The number of nitrogens with zero attached hydrogens (tertiary/aromatic N) is 6. The smallest absolute Gasteiger partial charge is 0.293 e. The summed E-state index contributed by atoms with van der Waals surface area (Å²) in [5.74, 6) is 0.0476. The molecule has 0 aliphatic carbocycles. The van der Waals surface area contributed by atoms with Gasteiger partial charge in [-0.05, 0) is 41.5 Å². The molecule has 4 rings (SSSR count). The first-order chi connectivity index (χ1) is 15.5. The number of hydrazone groups is 1. The van der Waals surface area contributed by atoms with E-state index in [1.807, 2.05) is 30.3 Å². The van der Waals surface area contributed by atoms with Gasteiger partial charge in [0.25, 0.3) is 5.91 Å². The third kappa shape index (κ3) is 4.59. The highest BCUT2D eigenvalue weighted by atomic mass is 32.2. The van der Waals surface area contributed by atoms with Crippen LogP contribution in [0.2, 0.25) is 0 Å². The highest BCUT2D eigenvalue weighted by Gasteiger charge is 2.24. The number of nitrogens with two attached hydrogens (primary N) is 1. The highest BCUT2D eigenvalue weighted by molar-refractivity contribution is 7.98. The van der Waals surface area contributed by atoms with Crippen LogP contribution in [0.25, 0.3) is 5.82 Å². The van der Waals surface area contributed by atoms with Crippen molar-refractivity contribution in [3.8, 4) is 11.6 Å². The first-order valence-electron chi connectivity index (χ1n) is 9.38. The van der Waals surface area contributed by atoms with E-state index >= 15 is 0 Å². The minimum Gasteiger partial charge on any atom is -0.508 e. The van der Waals surface area contributed by atoms with E-state index in [2.05, 4.69) is 35.8 Å². The Morgan fingerprint density at radius 2 is 2.03 bits per heavy atom. The van der Waals surface area contributed by atoms with Crippen molar-refractivity contribution in [2.75, 3.05) is 5.73 Å². The van der Waals surface area contributed by atoms with Crippen LogP contribution in [-0.4, -0.2) is 42.0 Å². The molecule has 0 radical (unpaired) electrons. The number of hydrogen-bond donors (Lipinski definition) is 3. The van der Waals surface area contributed by atoms with Gasteiger partial charge in [-0.1, -0.05) is 35.5 Å². The second-order valence-corrected chi connectivity index (χ2v) is 7.61. The lowest BCUT2D eigenvalue weighted by molar-refractivity contribution is 0.0949. The molecule has 0 spiro atoms. The zero-order valence-corrected chi connectivity index (χ0v) is 17.7. The van der Waals surface area contributed by atoms with Crippen LogP contribution in [0.3, 0.4) is 0 Å². The predicted octanol–water partition coefficient (Wildman–Crippen LogP) is 2.38. The van der Waals surface area contributed by atoms with Crippen molar-refractivity contribution in [2.24, 2.45) is 5.10 Å². The fourth-order valence-corrected chi connectivity index (χ4v) is 3.68. The van der Waals surface area contributed by atoms with Crippen molar-refractivity contribution in [3.63, 3.8) is 0 Å². The van der Waals surface area contributed by atoms with Crippen LogP contribution in [0.5, 0.6) is 5.75 Å². The Kier molecular flexibility index (Phi) is 6.12. The summed E-state index contributed by atoms with van der Waals surface area (Å²) >= 11 is 1.49. The van der Waals surface area contributed by atoms with E-state index in [1.165, 1.54) is 16.4 Å². The van der Waals surface area contributed by atoms with Gasteiger partial charge in [-0.3, -0.25) is 4.79 Å². The number of carbonyl (C=O) groups excluding carboxylic acids is 1. The van der Waals surface area contributed by atoms with Crippen LogP contribution in [0.1, 0.15) is 28.7 Å². The van der Waals surface area contributed by atoms with E-state index in [-0.39, 0.29) is 23.1 Å². The van der Waals surface area contributed by atoms with Gasteiger partial charge in [-0.2, -0.15) is 9.78 Å². The molecule has 0 aliphatic heterocycles. The summed E-state index contributed by atoms with van der Waals surface area (Å²) < 4.78 is 5.98. The lowest BCUT2D eigenvalue weighted by atomic mass is 10.1. The van der Waals surface area contributed by atoms with Gasteiger partial charge >= 0.3 is 0 Å². The SMILES string of the molecule is C/C(=N\NC(=O)c1nnn(-c2nonc2N)c1CSc1ccccc1)c1cccc(O)c1. The number of rotatable bonds is 7. The molecular formula is C20H18N8O3S. The summed E-state index contributed by atoms with van der Waals surface area (Å²) in [7, 11) is 0. The first kappa shape index (κ1) is 21.1. The molecule has 0 atom stereocenters. The molecule has 12 heteroatoms. The number of aromatic nitrogens is 5. The number of phenols is 1. The molecule has 0 saturated carbocycles. The zero-order valence-electron chi connectivity index (χ0n) is 16.8. The molecule has 1 amide bonds. The van der Waals surface area contributed by atoms with E-state index < -0.39 is 5.91 Å². The first-order valence-corrected chi connectivity index (χ1v) is 10.4. The van der Waals surface area contributed by atoms with Crippen LogP contribution in [0.15, 0.2) is 69.2 Å². The van der Waals surface area contributed by atoms with Crippen molar-refractivity contribution < 1.29 is 14.5 Å². The maximum absolute atomic E-state index is 12.9. The van der Waals surface area contributed by atoms with Crippen LogP contribution < -0.4 is 11.2 Å². The summed E-state index contributed by atoms with van der Waals surface area (Å²) in [5.41, 5.74) is 9.96. The monoisotopic (exact) mass is 450 g/mol. The minimum atomic E-state index is -0.561. The summed E-state index contributed by atoms with van der Waals surface area (Å²) in [6.45, 7) is 1.71. The maximum Gasteiger partial charge on any atom is 0.293 e. The van der Waals surface area contributed by atoms with Crippen molar-refractivity contribution in [2.45, 2.75) is 17.6 Å². The third-order valence-corrected chi connectivity index (χ3v) is 5.41. The van der Waals surface area contributed by atoms with E-state index in [0.29, 0.717) is 22.7 Å². The van der Waals surface area contributed by atoms with E-state index in [1.54, 1.807) is 31.2 Å². The maximum atomic E-state index is 12.9. The summed E-state index contributed by atoms with van der Waals surface area (Å²) in [4.78, 5) is 13.9. The largest absolute Gasteiger partial charge is 0.508 e. The molecular weight excluding hydrogens is 432 g/mol. The normalized spacial score (nSPS) is 11.5. The predicted molar refractivity (Wildman–Crippen MR) is 117 cm³/mol. The quantitative estimate of drug-likeness (QED) is 0.218. The standard InChI is InChI=1S/C20H18N8O3S/c1-12(13-6-5-7-14(29)10-13)22-24-20(30)17-16(11-32-15-8-3-2-4-9-15)28(27-23-17)19-18(21)25-31-26-19/h2-10,29H,11H2,1H3,(H2,21,25)(H,24,30)/b22-12+. The van der Waals surface area contributed by atoms with Crippen LogP contribution >= 0.6 is 11.8 Å². The number of aromatic hydroxyl groups is 1. The lowest BCUT2D eigenvalue weighted by Gasteiger charge is -2.06. The Morgan fingerprint density at radius 1 is 1.22 bits per heavy atom. The number of amides is 1. The van der Waals surface area contributed by atoms with Crippen molar-refractivity contribution in [1.82, 2.24) is 30.7 Å². The molecule has 2 heterocycles. The van der Waals surface area contributed by atoms with Crippen LogP contribution in [0, 0.1) is 0 Å². The molecule has 2 aromatic carbocycles. The van der Waals surface area contributed by atoms with E-state index in [4.69, 9.17) is 5.73 Å². The molecule has 162 valence electrons. The molecule has 0 aliphatic rings. The van der Waals surface area contributed by atoms with Crippen molar-refractivity contribution in [3.05, 3.63) is 71.5 Å². The number of carbonyl (C=O) groups is 1. The lowest BCUT2D eigenvalue weighted by Crippen LogP contribution is -2.21. The Labute approximate surface area is 186 Å². The second kappa shape index (κ2) is 9.31. The minimum absolute atomic E-state index is 0.0190. The van der Waals surface area contributed by atoms with Gasteiger partial charge in [-0.25, -0.2) is 10.1 Å². The van der Waals surface area contributed by atoms with Crippen LogP contribution in [-0.2, 0) is 5.75 Å². The fraction of sp³-hybridized carbons (Fsp3) is 0.100. The number of benzene rings is 2. The van der Waals surface area contributed by atoms with Gasteiger partial charge < -0.3 is 10.8 Å². The van der Waals surface area contributed by atoms with Gasteiger partial charge in [0.2, 0.25) is 11.6 Å². The van der Waals surface area contributed by atoms with Gasteiger partial charge in [0, 0.05) is 16.2 Å². The van der Waals surface area contributed by atoms with E-state index in [0.717, 1.165) is 4.90 Å². The van der Waals surface area contributed by atoms with Crippen LogP contribution in [0.4, 0.5) is 5.82 Å². The number of thioether (sulfide) groups is 1. The molecule has 4 N–H and O–H groups in total. The summed E-state index contributed by atoms with van der Waals surface area (Å²) in [6.07, 6.45) is 0. The average molecular weight is 450 g/mol. The van der Waals surface area contributed by atoms with E-state index in [9.17, 15) is 9.90 Å². The summed E-state index contributed by atoms with van der Waals surface area (Å²) in [5, 5.41) is 29.1. The zero-order chi connectivity index (χ0) is 22.5. The Hall–Kier alpha value is -4.19. The number of phenolic OH excluding ortho intramolecular Hbond substituents is 1. The number of nitrogens with one attached hydrogen (secondary N) is 1. The Balaban J connectivity index is 1.61. The van der Waals surface area contributed by atoms with Gasteiger partial charge in [0.1, 0.15) is 5.75 Å². The number of anilines is 1. The fourth-order valence-electron chi connectivity index (χ4n) is 2.77. The molecule has 4 aromatic rings. The van der Waals surface area contributed by atoms with Crippen molar-refractivity contribution in [1.29, 1.82) is 0 Å². The van der Waals surface area contributed by atoms with Gasteiger partial charge in [-0.15, -0.1) is 16.9 Å². The Morgan fingerprint density at radius 3 is 2.75 bits per heavy atom. The molecule has 0 unspecified atom stereocenters. The molecule has 0 fully saturated rings. The molecule has 11 nitrogen and oxygen atoms in total. The third-order valence-electron chi connectivity index (χ3n) is 4.38. The highest BCUT2D eigenvalue weighted by Crippen LogP contribution is 2.25. The molecule has 2 aromatic heterocycles. The molecule has 32 heavy (non-hydrogen) atoms. The van der Waals surface area contributed by atoms with Crippen molar-refractivity contribution >= 4 is 29.2 Å². The number of nitrogen functional groups attached to an aromatic ring is 1. The Bertz CT molecular complexity index is 1270. The second-order valence-electron chi connectivity index (χ2n) is 6.56. The summed E-state index contributed by atoms with van der Waals surface area (Å²) in [6, 6.07) is 16.2. The molecule has 0 saturated heterocycles. The van der Waals surface area contributed by atoms with Gasteiger partial charge in [0.05, 0.1) is 11.4 Å². The topological polar surface area (TPSA) is 157 Å². The molecule has 0 bridgehead atoms. The number of hydrogen-bond acceptors (Lipinski definition) is 10. The van der Waals surface area contributed by atoms with Gasteiger partial charge in [0.15, 0.2) is 5.69 Å².